The summed E-state index contributed by atoms with van der Waals surface area (Å²) in [5, 5.41) is 0.715. The molecule has 24 heavy (non-hydrogen) atoms. The van der Waals surface area contributed by atoms with Gasteiger partial charge in [-0.25, -0.2) is 9.97 Å². The molecule has 0 N–H and O–H groups in total. The summed E-state index contributed by atoms with van der Waals surface area (Å²) in [6, 6.07) is 9.59. The van der Waals surface area contributed by atoms with E-state index in [1.807, 2.05) is 48.4 Å². The SMILES string of the molecule is Cc1nccc(C2CCN(C(=O)CSc3ccc(Cl)cc3)CC2)n1. The van der Waals surface area contributed by atoms with Crippen molar-refractivity contribution >= 4 is 29.3 Å². The first-order valence-electron chi connectivity index (χ1n) is 8.07. The topological polar surface area (TPSA) is 46.1 Å². The zero-order chi connectivity index (χ0) is 16.9. The summed E-state index contributed by atoms with van der Waals surface area (Å²) in [6.45, 7) is 3.51. The Morgan fingerprint density at radius 2 is 1.96 bits per heavy atom. The van der Waals surface area contributed by atoms with Gasteiger partial charge in [0, 0.05) is 40.8 Å². The van der Waals surface area contributed by atoms with Crippen LogP contribution in [0.4, 0.5) is 0 Å². The molecule has 0 unspecified atom stereocenters. The monoisotopic (exact) mass is 361 g/mol. The summed E-state index contributed by atoms with van der Waals surface area (Å²) in [4.78, 5) is 24.1. The lowest BCUT2D eigenvalue weighted by Crippen LogP contribution is -2.39. The Labute approximate surface area is 151 Å². The maximum absolute atomic E-state index is 12.4. The molecule has 0 atom stereocenters. The Morgan fingerprint density at radius 1 is 1.25 bits per heavy atom. The minimum atomic E-state index is 0.201. The molecule has 0 saturated carbocycles. The number of likely N-dealkylation sites (tertiary alicyclic amines) is 1. The first kappa shape index (κ1) is 17.2. The molecule has 0 spiro atoms. The van der Waals surface area contributed by atoms with Crippen LogP contribution in [-0.2, 0) is 4.79 Å². The third-order valence-electron chi connectivity index (χ3n) is 4.24. The molecule has 1 aromatic heterocycles. The van der Waals surface area contributed by atoms with Crippen LogP contribution in [-0.4, -0.2) is 39.6 Å². The first-order valence-corrected chi connectivity index (χ1v) is 9.44. The maximum Gasteiger partial charge on any atom is 0.232 e. The van der Waals surface area contributed by atoms with Crippen molar-refractivity contribution < 1.29 is 4.79 Å². The number of benzene rings is 1. The third kappa shape index (κ3) is 4.48. The second kappa shape index (κ2) is 7.99. The molecule has 6 heteroatoms. The van der Waals surface area contributed by atoms with Crippen molar-refractivity contribution in [3.63, 3.8) is 0 Å². The highest BCUT2D eigenvalue weighted by atomic mass is 35.5. The van der Waals surface area contributed by atoms with Crippen LogP contribution in [0, 0.1) is 6.92 Å². The molecule has 2 heterocycles. The second-order valence-corrected chi connectivity index (χ2v) is 7.41. The van der Waals surface area contributed by atoms with Crippen molar-refractivity contribution in [1.29, 1.82) is 0 Å². The molecule has 1 aromatic carbocycles. The number of carbonyl (C=O) groups is 1. The number of amides is 1. The number of rotatable bonds is 4. The van der Waals surface area contributed by atoms with Crippen LogP contribution in [0.1, 0.15) is 30.3 Å². The van der Waals surface area contributed by atoms with Crippen LogP contribution in [0.15, 0.2) is 41.4 Å². The van der Waals surface area contributed by atoms with Gasteiger partial charge in [0.1, 0.15) is 5.82 Å². The Bertz CT molecular complexity index is 700. The fourth-order valence-corrected chi connectivity index (χ4v) is 3.82. The minimum absolute atomic E-state index is 0.201. The molecule has 1 saturated heterocycles. The Hall–Kier alpha value is -1.59. The molecule has 0 bridgehead atoms. The van der Waals surface area contributed by atoms with Crippen molar-refractivity contribution in [2.24, 2.45) is 0 Å². The fraction of sp³-hybridized carbons (Fsp3) is 0.389. The molecule has 0 radical (unpaired) electrons. The molecule has 126 valence electrons. The van der Waals surface area contributed by atoms with Gasteiger partial charge in [-0.2, -0.15) is 0 Å². The van der Waals surface area contributed by atoms with Crippen LogP contribution in [0.3, 0.4) is 0 Å². The van der Waals surface area contributed by atoms with Gasteiger partial charge in [0.2, 0.25) is 5.91 Å². The average Bonchev–Trinajstić information content (AvgIpc) is 2.61. The second-order valence-electron chi connectivity index (χ2n) is 5.93. The van der Waals surface area contributed by atoms with Gasteiger partial charge in [-0.3, -0.25) is 4.79 Å². The van der Waals surface area contributed by atoms with E-state index in [9.17, 15) is 4.79 Å². The van der Waals surface area contributed by atoms with E-state index < -0.39 is 0 Å². The summed E-state index contributed by atoms with van der Waals surface area (Å²) < 4.78 is 0. The van der Waals surface area contributed by atoms with Crippen molar-refractivity contribution in [1.82, 2.24) is 14.9 Å². The zero-order valence-corrected chi connectivity index (χ0v) is 15.2. The van der Waals surface area contributed by atoms with Crippen molar-refractivity contribution in [3.8, 4) is 0 Å². The summed E-state index contributed by atoms with van der Waals surface area (Å²) in [5.74, 6) is 1.91. The molecule has 1 aliphatic rings. The fourth-order valence-electron chi connectivity index (χ4n) is 2.89. The standard InChI is InChI=1S/C18H20ClN3OS/c1-13-20-9-6-17(21-13)14-7-10-22(11-8-14)18(23)12-24-16-4-2-15(19)3-5-16/h2-6,9,14H,7-8,10-12H2,1H3. The van der Waals surface area contributed by atoms with Gasteiger partial charge in [-0.1, -0.05) is 11.6 Å². The predicted molar refractivity (Wildman–Crippen MR) is 97.5 cm³/mol. The van der Waals surface area contributed by atoms with Gasteiger partial charge in [-0.15, -0.1) is 11.8 Å². The number of hydrogen-bond acceptors (Lipinski definition) is 4. The maximum atomic E-state index is 12.4. The number of nitrogens with zero attached hydrogens (tertiary/aromatic N) is 3. The van der Waals surface area contributed by atoms with Crippen molar-refractivity contribution in [3.05, 3.63) is 53.1 Å². The van der Waals surface area contributed by atoms with Crippen LogP contribution in [0.2, 0.25) is 5.02 Å². The number of aryl methyl sites for hydroxylation is 1. The van der Waals surface area contributed by atoms with Crippen LogP contribution < -0.4 is 0 Å². The highest BCUT2D eigenvalue weighted by molar-refractivity contribution is 8.00. The summed E-state index contributed by atoms with van der Waals surface area (Å²) in [5.41, 5.74) is 1.10. The summed E-state index contributed by atoms with van der Waals surface area (Å²) >= 11 is 7.44. The number of carbonyl (C=O) groups excluding carboxylic acids is 1. The Kier molecular flexibility index (Phi) is 5.74. The Morgan fingerprint density at radius 3 is 2.62 bits per heavy atom. The smallest absolute Gasteiger partial charge is 0.232 e. The largest absolute Gasteiger partial charge is 0.342 e. The Balaban J connectivity index is 1.49. The zero-order valence-electron chi connectivity index (χ0n) is 13.6. The predicted octanol–water partition coefficient (Wildman–Crippen LogP) is 3.94. The molecular weight excluding hydrogens is 342 g/mol. The number of piperidine rings is 1. The number of aromatic nitrogens is 2. The van der Waals surface area contributed by atoms with Gasteiger partial charge >= 0.3 is 0 Å². The van der Waals surface area contributed by atoms with E-state index in [2.05, 4.69) is 9.97 Å². The quantitative estimate of drug-likeness (QED) is 0.774. The van der Waals surface area contributed by atoms with E-state index >= 15 is 0 Å². The molecule has 1 aliphatic heterocycles. The van der Waals surface area contributed by atoms with Crippen LogP contribution in [0.25, 0.3) is 0 Å². The van der Waals surface area contributed by atoms with Gasteiger partial charge in [0.15, 0.2) is 0 Å². The number of thioether (sulfide) groups is 1. The van der Waals surface area contributed by atoms with E-state index in [4.69, 9.17) is 11.6 Å². The summed E-state index contributed by atoms with van der Waals surface area (Å²) in [6.07, 6.45) is 3.75. The molecule has 1 amide bonds. The highest BCUT2D eigenvalue weighted by Crippen LogP contribution is 2.27. The summed E-state index contributed by atoms with van der Waals surface area (Å²) in [7, 11) is 0. The van der Waals surface area contributed by atoms with E-state index in [1.165, 1.54) is 0 Å². The molecule has 0 aliphatic carbocycles. The minimum Gasteiger partial charge on any atom is -0.342 e. The van der Waals surface area contributed by atoms with Gasteiger partial charge < -0.3 is 4.90 Å². The normalized spacial score (nSPS) is 15.5. The number of hydrogen-bond donors (Lipinski definition) is 0. The van der Waals surface area contributed by atoms with E-state index in [1.54, 1.807) is 11.8 Å². The lowest BCUT2D eigenvalue weighted by atomic mass is 9.93. The average molecular weight is 362 g/mol. The van der Waals surface area contributed by atoms with Crippen LogP contribution >= 0.6 is 23.4 Å². The van der Waals surface area contributed by atoms with Gasteiger partial charge in [0.05, 0.1) is 5.75 Å². The van der Waals surface area contributed by atoms with Crippen molar-refractivity contribution in [2.45, 2.75) is 30.6 Å². The third-order valence-corrected chi connectivity index (χ3v) is 5.49. The molecule has 1 fully saturated rings. The van der Waals surface area contributed by atoms with E-state index in [0.29, 0.717) is 16.7 Å². The van der Waals surface area contributed by atoms with Gasteiger partial charge in [0.25, 0.3) is 0 Å². The van der Waals surface area contributed by atoms with E-state index in [0.717, 1.165) is 42.3 Å². The number of halogens is 1. The first-order chi connectivity index (χ1) is 11.6. The molecule has 4 nitrogen and oxygen atoms in total. The van der Waals surface area contributed by atoms with Crippen molar-refractivity contribution in [2.75, 3.05) is 18.8 Å². The highest BCUT2D eigenvalue weighted by Gasteiger charge is 2.24. The van der Waals surface area contributed by atoms with E-state index in [-0.39, 0.29) is 5.91 Å². The molecule has 2 aromatic rings. The molecular formula is C18H20ClN3OS. The van der Waals surface area contributed by atoms with Gasteiger partial charge in [-0.05, 0) is 50.1 Å². The lowest BCUT2D eigenvalue weighted by Gasteiger charge is -2.31. The van der Waals surface area contributed by atoms with Crippen LogP contribution in [0.5, 0.6) is 0 Å². The molecule has 3 rings (SSSR count). The lowest BCUT2D eigenvalue weighted by molar-refractivity contribution is -0.129.